The molecule has 7 nitrogen and oxygen atoms in total. The molecule has 2 aromatic rings. The topological polar surface area (TPSA) is 122 Å². The third-order valence-corrected chi connectivity index (χ3v) is 5.27. The van der Waals surface area contributed by atoms with Crippen molar-refractivity contribution in [1.29, 1.82) is 0 Å². The summed E-state index contributed by atoms with van der Waals surface area (Å²) in [6, 6.07) is 2.98. The molecule has 0 spiro atoms. The first-order valence-electron chi connectivity index (χ1n) is 5.86. The van der Waals surface area contributed by atoms with E-state index in [0.29, 0.717) is 5.01 Å². The lowest BCUT2D eigenvalue weighted by atomic mass is 10.2. The summed E-state index contributed by atoms with van der Waals surface area (Å²) in [5.41, 5.74) is 5.46. The average Bonchev–Trinajstić information content (AvgIpc) is 2.91. The minimum Gasteiger partial charge on any atom is -0.478 e. The van der Waals surface area contributed by atoms with Gasteiger partial charge >= 0.3 is 5.97 Å². The standard InChI is InChI=1S/C12H13N3O4S2/c1-7(11-14-4-5-20-11)15-21(18,19)10-3-2-8(12(16)17)6-9(10)13/h2-7,15H,13H2,1H3,(H,16,17). The third-order valence-electron chi connectivity index (χ3n) is 2.70. The Balaban J connectivity index is 2.29. The second-order valence-corrected chi connectivity index (χ2v) is 6.88. The maximum absolute atomic E-state index is 12.3. The van der Waals surface area contributed by atoms with Gasteiger partial charge in [-0.05, 0) is 25.1 Å². The second kappa shape index (κ2) is 5.80. The Kier molecular flexibility index (Phi) is 4.26. The van der Waals surface area contributed by atoms with E-state index in [1.54, 1.807) is 18.5 Å². The van der Waals surface area contributed by atoms with Crippen molar-refractivity contribution in [3.8, 4) is 0 Å². The van der Waals surface area contributed by atoms with Crippen LogP contribution in [0.1, 0.15) is 28.3 Å². The molecule has 0 saturated heterocycles. The number of hydrogen-bond donors (Lipinski definition) is 3. The minimum atomic E-state index is -3.86. The largest absolute Gasteiger partial charge is 0.478 e. The van der Waals surface area contributed by atoms with E-state index in [-0.39, 0.29) is 16.1 Å². The van der Waals surface area contributed by atoms with Crippen LogP contribution in [-0.2, 0) is 10.0 Å². The highest BCUT2D eigenvalue weighted by Crippen LogP contribution is 2.23. The highest BCUT2D eigenvalue weighted by molar-refractivity contribution is 7.89. The van der Waals surface area contributed by atoms with Gasteiger partial charge in [0.2, 0.25) is 10.0 Å². The van der Waals surface area contributed by atoms with Gasteiger partial charge in [0.25, 0.3) is 0 Å². The van der Waals surface area contributed by atoms with E-state index in [1.165, 1.54) is 23.5 Å². The van der Waals surface area contributed by atoms with Crippen LogP contribution in [0.4, 0.5) is 5.69 Å². The van der Waals surface area contributed by atoms with Gasteiger partial charge in [0.15, 0.2) is 0 Å². The summed E-state index contributed by atoms with van der Waals surface area (Å²) < 4.78 is 27.0. The lowest BCUT2D eigenvalue weighted by Crippen LogP contribution is -2.27. The number of aromatic nitrogens is 1. The summed E-state index contributed by atoms with van der Waals surface area (Å²) in [5, 5.41) is 11.2. The highest BCUT2D eigenvalue weighted by atomic mass is 32.2. The molecule has 4 N–H and O–H groups in total. The van der Waals surface area contributed by atoms with E-state index in [2.05, 4.69) is 9.71 Å². The van der Waals surface area contributed by atoms with Crippen LogP contribution in [0.3, 0.4) is 0 Å². The number of carbonyl (C=O) groups is 1. The quantitative estimate of drug-likeness (QED) is 0.715. The van der Waals surface area contributed by atoms with Gasteiger partial charge in [-0.2, -0.15) is 0 Å². The molecule has 0 saturated carbocycles. The number of nitrogen functional groups attached to an aromatic ring is 1. The Morgan fingerprint density at radius 3 is 2.71 bits per heavy atom. The average molecular weight is 327 g/mol. The molecular formula is C12H13N3O4S2. The number of rotatable bonds is 5. The molecule has 1 aromatic heterocycles. The zero-order valence-corrected chi connectivity index (χ0v) is 12.6. The van der Waals surface area contributed by atoms with E-state index in [9.17, 15) is 13.2 Å². The Morgan fingerprint density at radius 1 is 1.48 bits per heavy atom. The van der Waals surface area contributed by atoms with Crippen molar-refractivity contribution >= 4 is 33.0 Å². The molecule has 2 rings (SSSR count). The first-order chi connectivity index (χ1) is 9.81. The van der Waals surface area contributed by atoms with Crippen molar-refractivity contribution < 1.29 is 18.3 Å². The molecule has 1 unspecified atom stereocenters. The van der Waals surface area contributed by atoms with Gasteiger partial charge in [0, 0.05) is 11.6 Å². The number of nitrogens with two attached hydrogens (primary N) is 1. The van der Waals surface area contributed by atoms with Gasteiger partial charge in [0.05, 0.1) is 17.3 Å². The number of benzene rings is 1. The van der Waals surface area contributed by atoms with E-state index in [0.717, 1.165) is 6.07 Å². The molecular weight excluding hydrogens is 314 g/mol. The van der Waals surface area contributed by atoms with Crippen LogP contribution < -0.4 is 10.5 Å². The van der Waals surface area contributed by atoms with Crippen molar-refractivity contribution in [2.24, 2.45) is 0 Å². The summed E-state index contributed by atoms with van der Waals surface area (Å²) in [7, 11) is -3.86. The number of hydrogen-bond acceptors (Lipinski definition) is 6. The van der Waals surface area contributed by atoms with Crippen molar-refractivity contribution in [1.82, 2.24) is 9.71 Å². The number of sulfonamides is 1. The van der Waals surface area contributed by atoms with E-state index in [1.807, 2.05) is 0 Å². The molecule has 0 aliphatic carbocycles. The fraction of sp³-hybridized carbons (Fsp3) is 0.167. The Bertz CT molecular complexity index is 757. The molecule has 0 aliphatic rings. The number of nitrogens with one attached hydrogen (secondary N) is 1. The first kappa shape index (κ1) is 15.4. The Hall–Kier alpha value is -1.97. The maximum Gasteiger partial charge on any atom is 0.335 e. The summed E-state index contributed by atoms with van der Waals surface area (Å²) in [6.07, 6.45) is 1.58. The predicted octanol–water partition coefficient (Wildman–Crippen LogP) is 1.46. The smallest absolute Gasteiger partial charge is 0.335 e. The number of nitrogens with zero attached hydrogens (tertiary/aromatic N) is 1. The zero-order valence-electron chi connectivity index (χ0n) is 11.0. The lowest BCUT2D eigenvalue weighted by molar-refractivity contribution is 0.0697. The fourth-order valence-corrected chi connectivity index (χ4v) is 3.76. The number of aromatic carboxylic acids is 1. The molecule has 0 amide bonds. The van der Waals surface area contributed by atoms with Gasteiger partial charge in [-0.3, -0.25) is 0 Å². The van der Waals surface area contributed by atoms with Gasteiger partial charge in [0.1, 0.15) is 9.90 Å². The van der Waals surface area contributed by atoms with Crippen molar-refractivity contribution in [3.05, 3.63) is 40.3 Å². The highest BCUT2D eigenvalue weighted by Gasteiger charge is 2.22. The van der Waals surface area contributed by atoms with Crippen molar-refractivity contribution in [2.45, 2.75) is 17.9 Å². The molecule has 0 aliphatic heterocycles. The van der Waals surface area contributed by atoms with Crippen LogP contribution in [0.2, 0.25) is 0 Å². The molecule has 0 fully saturated rings. The monoisotopic (exact) mass is 327 g/mol. The number of thiazole rings is 1. The van der Waals surface area contributed by atoms with Crippen LogP contribution in [0.5, 0.6) is 0 Å². The molecule has 9 heteroatoms. The SMILES string of the molecule is CC(NS(=O)(=O)c1ccc(C(=O)O)cc1N)c1nccs1. The third kappa shape index (κ3) is 3.38. The van der Waals surface area contributed by atoms with Crippen LogP contribution in [0.25, 0.3) is 0 Å². The number of carboxylic acid groups (broad SMARTS) is 1. The van der Waals surface area contributed by atoms with Gasteiger partial charge in [-0.25, -0.2) is 22.9 Å². The first-order valence-corrected chi connectivity index (χ1v) is 8.22. The van der Waals surface area contributed by atoms with Crippen LogP contribution in [0, 0.1) is 0 Å². The summed E-state index contributed by atoms with van der Waals surface area (Å²) >= 11 is 1.33. The Labute approximate surface area is 125 Å². The normalized spacial score (nSPS) is 13.0. The van der Waals surface area contributed by atoms with Crippen LogP contribution in [-0.4, -0.2) is 24.5 Å². The summed E-state index contributed by atoms with van der Waals surface area (Å²) in [5.74, 6) is -1.17. The molecule has 21 heavy (non-hydrogen) atoms. The minimum absolute atomic E-state index is 0.0700. The fourth-order valence-electron chi connectivity index (χ4n) is 1.72. The molecule has 0 radical (unpaired) electrons. The van der Waals surface area contributed by atoms with Gasteiger partial charge in [-0.1, -0.05) is 0 Å². The summed E-state index contributed by atoms with van der Waals surface area (Å²) in [6.45, 7) is 1.66. The molecule has 1 atom stereocenters. The van der Waals surface area contributed by atoms with Gasteiger partial charge in [-0.15, -0.1) is 11.3 Å². The predicted molar refractivity (Wildman–Crippen MR) is 78.7 cm³/mol. The summed E-state index contributed by atoms with van der Waals surface area (Å²) in [4.78, 5) is 14.7. The zero-order chi connectivity index (χ0) is 15.6. The molecule has 1 aromatic carbocycles. The molecule has 0 bridgehead atoms. The van der Waals surface area contributed by atoms with Gasteiger partial charge < -0.3 is 10.8 Å². The molecule has 112 valence electrons. The number of anilines is 1. The van der Waals surface area contributed by atoms with E-state index >= 15 is 0 Å². The second-order valence-electron chi connectivity index (χ2n) is 4.27. The molecule has 1 heterocycles. The van der Waals surface area contributed by atoms with Crippen molar-refractivity contribution in [2.75, 3.05) is 5.73 Å². The maximum atomic E-state index is 12.3. The Morgan fingerprint density at radius 2 is 2.19 bits per heavy atom. The number of carboxylic acids is 1. The van der Waals surface area contributed by atoms with Crippen molar-refractivity contribution in [3.63, 3.8) is 0 Å². The van der Waals surface area contributed by atoms with E-state index < -0.39 is 22.0 Å². The van der Waals surface area contributed by atoms with Crippen LogP contribution in [0.15, 0.2) is 34.7 Å². The van der Waals surface area contributed by atoms with E-state index in [4.69, 9.17) is 10.8 Å². The van der Waals surface area contributed by atoms with Crippen LogP contribution >= 0.6 is 11.3 Å². The lowest BCUT2D eigenvalue weighted by Gasteiger charge is -2.13.